The number of amides is 4. The lowest BCUT2D eigenvalue weighted by molar-refractivity contribution is -0.148. The van der Waals surface area contributed by atoms with Gasteiger partial charge in [-0.15, -0.1) is 0 Å². The molecule has 3 saturated heterocycles. The van der Waals surface area contributed by atoms with Crippen molar-refractivity contribution in [2.45, 2.75) is 31.7 Å². The van der Waals surface area contributed by atoms with Crippen LogP contribution in [0, 0.1) is 5.92 Å². The van der Waals surface area contributed by atoms with Gasteiger partial charge in [0.25, 0.3) is 0 Å². The molecule has 8 nitrogen and oxygen atoms in total. The second-order valence-electron chi connectivity index (χ2n) is 8.28. The first-order valence-corrected chi connectivity index (χ1v) is 10.9. The van der Waals surface area contributed by atoms with Gasteiger partial charge in [0.2, 0.25) is 11.8 Å². The van der Waals surface area contributed by atoms with Gasteiger partial charge in [0.15, 0.2) is 0 Å². The summed E-state index contributed by atoms with van der Waals surface area (Å²) in [5.41, 5.74) is 0.760. The second-order valence-corrected chi connectivity index (χ2v) is 8.28. The molecule has 8 heteroatoms. The molecule has 0 radical (unpaired) electrons. The van der Waals surface area contributed by atoms with E-state index in [2.05, 4.69) is 5.32 Å². The number of carbonyl (C=O) groups excluding carboxylic acids is 3. The minimum atomic E-state index is -0.151. The Morgan fingerprint density at radius 3 is 2.47 bits per heavy atom. The number of hydrogen-bond acceptors (Lipinski definition) is 4. The topological polar surface area (TPSA) is 82.2 Å². The van der Waals surface area contributed by atoms with Crippen LogP contribution < -0.4 is 5.32 Å². The van der Waals surface area contributed by atoms with Crippen molar-refractivity contribution in [3.63, 3.8) is 0 Å². The molecule has 0 spiro atoms. The number of urea groups is 1. The van der Waals surface area contributed by atoms with Gasteiger partial charge in [0.05, 0.1) is 12.5 Å². The van der Waals surface area contributed by atoms with Crippen molar-refractivity contribution in [1.82, 2.24) is 14.7 Å². The lowest BCUT2D eigenvalue weighted by Crippen LogP contribution is -2.54. The molecule has 1 aromatic rings. The molecule has 4 rings (SSSR count). The molecule has 1 N–H and O–H groups in total. The number of rotatable bonds is 3. The van der Waals surface area contributed by atoms with E-state index in [1.54, 1.807) is 4.90 Å². The molecular formula is C22H30N4O4. The van der Waals surface area contributed by atoms with Gasteiger partial charge in [-0.3, -0.25) is 9.59 Å². The number of piperidine rings is 2. The number of morpholine rings is 1. The standard InChI is InChI=1S/C22H30N4O4/c27-20-16-30-14-13-26(20)19-8-11-24(12-9-19)21(28)17-5-4-10-25(15-17)22(29)23-18-6-2-1-3-7-18/h1-3,6-7,17,19H,4-5,8-16H2,(H,23,29). The first-order chi connectivity index (χ1) is 14.6. The summed E-state index contributed by atoms with van der Waals surface area (Å²) >= 11 is 0. The van der Waals surface area contributed by atoms with Crippen LogP contribution in [-0.2, 0) is 14.3 Å². The third-order valence-corrected chi connectivity index (χ3v) is 6.32. The van der Waals surface area contributed by atoms with Crippen molar-refractivity contribution in [3.05, 3.63) is 30.3 Å². The number of benzene rings is 1. The lowest BCUT2D eigenvalue weighted by Gasteiger charge is -2.41. The Hall–Kier alpha value is -2.61. The van der Waals surface area contributed by atoms with Gasteiger partial charge in [0.1, 0.15) is 6.61 Å². The second kappa shape index (κ2) is 9.47. The van der Waals surface area contributed by atoms with Crippen molar-refractivity contribution in [2.24, 2.45) is 5.92 Å². The van der Waals surface area contributed by atoms with Crippen molar-refractivity contribution in [3.8, 4) is 0 Å². The molecule has 3 fully saturated rings. The average Bonchev–Trinajstić information content (AvgIpc) is 2.80. The van der Waals surface area contributed by atoms with E-state index >= 15 is 0 Å². The van der Waals surface area contributed by atoms with E-state index in [1.165, 1.54) is 0 Å². The van der Waals surface area contributed by atoms with Gasteiger partial charge in [-0.25, -0.2) is 4.79 Å². The molecule has 1 unspecified atom stereocenters. The SMILES string of the molecule is O=C(Nc1ccccc1)N1CCCC(C(=O)N2CCC(N3CCOCC3=O)CC2)C1. The van der Waals surface area contributed by atoms with Gasteiger partial charge in [-0.1, -0.05) is 18.2 Å². The van der Waals surface area contributed by atoms with Crippen molar-refractivity contribution >= 4 is 23.5 Å². The summed E-state index contributed by atoms with van der Waals surface area (Å²) in [5.74, 6) is 0.0409. The fourth-order valence-electron chi connectivity index (χ4n) is 4.66. The Kier molecular flexibility index (Phi) is 6.52. The molecule has 0 aliphatic carbocycles. The normalized spacial score (nSPS) is 23.4. The zero-order chi connectivity index (χ0) is 20.9. The highest BCUT2D eigenvalue weighted by molar-refractivity contribution is 5.90. The molecule has 1 atom stereocenters. The molecule has 1 aromatic carbocycles. The molecule has 3 aliphatic heterocycles. The van der Waals surface area contributed by atoms with Crippen LogP contribution in [0.4, 0.5) is 10.5 Å². The van der Waals surface area contributed by atoms with Gasteiger partial charge in [-0.2, -0.15) is 0 Å². The summed E-state index contributed by atoms with van der Waals surface area (Å²) in [7, 11) is 0. The van der Waals surface area contributed by atoms with E-state index in [1.807, 2.05) is 40.1 Å². The van der Waals surface area contributed by atoms with E-state index in [4.69, 9.17) is 4.74 Å². The van der Waals surface area contributed by atoms with Crippen molar-refractivity contribution in [1.29, 1.82) is 0 Å². The Bertz CT molecular complexity index is 764. The quantitative estimate of drug-likeness (QED) is 0.817. The van der Waals surface area contributed by atoms with Crippen molar-refractivity contribution < 1.29 is 19.1 Å². The molecule has 4 amide bonds. The van der Waals surface area contributed by atoms with E-state index in [0.29, 0.717) is 39.3 Å². The minimum Gasteiger partial charge on any atom is -0.370 e. The Morgan fingerprint density at radius 1 is 0.967 bits per heavy atom. The number of anilines is 1. The highest BCUT2D eigenvalue weighted by Crippen LogP contribution is 2.24. The Morgan fingerprint density at radius 2 is 1.73 bits per heavy atom. The first kappa shape index (κ1) is 20.7. The van der Waals surface area contributed by atoms with Crippen LogP contribution in [0.25, 0.3) is 0 Å². The van der Waals surface area contributed by atoms with E-state index in [-0.39, 0.29) is 36.4 Å². The van der Waals surface area contributed by atoms with Crippen molar-refractivity contribution in [2.75, 3.05) is 51.3 Å². The maximum atomic E-state index is 13.1. The maximum Gasteiger partial charge on any atom is 0.321 e. The van der Waals surface area contributed by atoms with Crippen LogP contribution in [0.5, 0.6) is 0 Å². The molecule has 30 heavy (non-hydrogen) atoms. The fraction of sp³-hybridized carbons (Fsp3) is 0.591. The third kappa shape index (κ3) is 4.75. The van der Waals surface area contributed by atoms with Gasteiger partial charge < -0.3 is 24.8 Å². The van der Waals surface area contributed by atoms with Crippen LogP contribution in [0.3, 0.4) is 0 Å². The number of carbonyl (C=O) groups is 3. The predicted molar refractivity (Wildman–Crippen MR) is 112 cm³/mol. The number of hydrogen-bond donors (Lipinski definition) is 1. The zero-order valence-corrected chi connectivity index (χ0v) is 17.3. The lowest BCUT2D eigenvalue weighted by atomic mass is 9.94. The summed E-state index contributed by atoms with van der Waals surface area (Å²) in [6, 6.07) is 9.43. The average molecular weight is 415 g/mol. The van der Waals surface area contributed by atoms with Crippen LogP contribution >= 0.6 is 0 Å². The number of ether oxygens (including phenoxy) is 1. The number of nitrogens with one attached hydrogen (secondary N) is 1. The first-order valence-electron chi connectivity index (χ1n) is 10.9. The number of likely N-dealkylation sites (tertiary alicyclic amines) is 2. The molecule has 0 bridgehead atoms. The third-order valence-electron chi connectivity index (χ3n) is 6.32. The minimum absolute atomic E-state index is 0.0541. The molecule has 0 saturated carbocycles. The van der Waals surface area contributed by atoms with Crippen LogP contribution in [0.2, 0.25) is 0 Å². The summed E-state index contributed by atoms with van der Waals surface area (Å²) in [6.45, 7) is 3.87. The van der Waals surface area contributed by atoms with E-state index in [0.717, 1.165) is 31.4 Å². The molecular weight excluding hydrogens is 384 g/mol. The summed E-state index contributed by atoms with van der Waals surface area (Å²) in [5, 5.41) is 2.91. The van der Waals surface area contributed by atoms with Crippen LogP contribution in [0.15, 0.2) is 30.3 Å². The summed E-state index contributed by atoms with van der Waals surface area (Å²) in [6.07, 6.45) is 3.26. The Balaban J connectivity index is 1.28. The maximum absolute atomic E-state index is 13.1. The van der Waals surface area contributed by atoms with E-state index < -0.39 is 0 Å². The highest BCUT2D eigenvalue weighted by atomic mass is 16.5. The van der Waals surface area contributed by atoms with Gasteiger partial charge in [0, 0.05) is 44.5 Å². The van der Waals surface area contributed by atoms with E-state index in [9.17, 15) is 14.4 Å². The predicted octanol–water partition coefficient (Wildman–Crippen LogP) is 1.78. The smallest absolute Gasteiger partial charge is 0.321 e. The molecule has 0 aromatic heterocycles. The Labute approximate surface area is 177 Å². The summed E-state index contributed by atoms with van der Waals surface area (Å²) in [4.78, 5) is 43.3. The van der Waals surface area contributed by atoms with Gasteiger partial charge >= 0.3 is 6.03 Å². The number of para-hydroxylation sites is 1. The molecule has 3 aliphatic rings. The summed E-state index contributed by atoms with van der Waals surface area (Å²) < 4.78 is 5.22. The monoisotopic (exact) mass is 414 g/mol. The fourth-order valence-corrected chi connectivity index (χ4v) is 4.66. The zero-order valence-electron chi connectivity index (χ0n) is 17.3. The van der Waals surface area contributed by atoms with Crippen LogP contribution in [0.1, 0.15) is 25.7 Å². The largest absolute Gasteiger partial charge is 0.370 e. The van der Waals surface area contributed by atoms with Gasteiger partial charge in [-0.05, 0) is 37.8 Å². The number of nitrogens with zero attached hydrogens (tertiary/aromatic N) is 3. The van der Waals surface area contributed by atoms with Crippen LogP contribution in [-0.4, -0.2) is 84.5 Å². The highest BCUT2D eigenvalue weighted by Gasteiger charge is 2.35. The molecule has 162 valence electrons. The molecule has 3 heterocycles.